The maximum atomic E-state index is 14.3. The number of halogens is 3. The average molecular weight is 595 g/mol. The number of carboxylic acids is 1. The predicted octanol–water partition coefficient (Wildman–Crippen LogP) is 4.88. The first-order chi connectivity index (χ1) is 20.3. The van der Waals surface area contributed by atoms with Crippen LogP contribution in [-0.4, -0.2) is 47.7 Å². The lowest BCUT2D eigenvalue weighted by Gasteiger charge is -2.18. The molecule has 4 aromatic rings. The Kier molecular flexibility index (Phi) is 8.32. The number of ether oxygens (including phenoxy) is 1. The number of nitrogens with one attached hydrogen (secondary N) is 3. The molecule has 43 heavy (non-hydrogen) atoms. The fourth-order valence-corrected chi connectivity index (χ4v) is 4.12. The molecule has 0 radical (unpaired) electrons. The molecule has 4 rings (SSSR count). The lowest BCUT2D eigenvalue weighted by Crippen LogP contribution is -2.16. The maximum Gasteiger partial charge on any atom is 0.417 e. The number of esters is 1. The van der Waals surface area contributed by atoms with Crippen LogP contribution in [0.3, 0.4) is 0 Å². The molecule has 0 fully saturated rings. The molecule has 3 aromatic carbocycles. The largest absolute Gasteiger partial charge is 0.478 e. The lowest BCUT2D eigenvalue weighted by molar-refractivity contribution is -0.138. The molecule has 15 heteroatoms. The van der Waals surface area contributed by atoms with E-state index in [9.17, 15) is 37.5 Å². The second kappa shape index (κ2) is 11.9. The van der Waals surface area contributed by atoms with Crippen molar-refractivity contribution in [3.63, 3.8) is 0 Å². The van der Waals surface area contributed by atoms with Gasteiger partial charge in [0.15, 0.2) is 11.3 Å². The average Bonchev–Trinajstić information content (AvgIpc) is 3.37. The number of fused-ring (bicyclic) bond motifs is 1. The summed E-state index contributed by atoms with van der Waals surface area (Å²) in [7, 11) is 1.13. The first-order valence-electron chi connectivity index (χ1n) is 12.1. The Labute approximate surface area is 240 Å². The number of carbonyl (C=O) groups excluding carboxylic acids is 3. The third kappa shape index (κ3) is 6.54. The van der Waals surface area contributed by atoms with E-state index in [1.807, 2.05) is 0 Å². The Morgan fingerprint density at radius 1 is 1.02 bits per heavy atom. The van der Waals surface area contributed by atoms with E-state index in [4.69, 9.17) is 9.78 Å². The van der Waals surface area contributed by atoms with E-state index in [2.05, 4.69) is 25.8 Å². The summed E-state index contributed by atoms with van der Waals surface area (Å²) in [6, 6.07) is 10.9. The second-order valence-electron chi connectivity index (χ2n) is 8.93. The summed E-state index contributed by atoms with van der Waals surface area (Å²) in [6.07, 6.45) is -4.89. The minimum atomic E-state index is -4.89. The van der Waals surface area contributed by atoms with Gasteiger partial charge < -0.3 is 30.3 Å². The van der Waals surface area contributed by atoms with Crippen LogP contribution in [0.4, 0.5) is 30.2 Å². The number of aromatic carboxylic acids is 1. The molecular formula is C28H20F3N5O7. The molecule has 0 spiro atoms. The maximum absolute atomic E-state index is 14.3. The Hall–Kier alpha value is -5.91. The topological polar surface area (TPSA) is 184 Å². The number of benzene rings is 3. The zero-order chi connectivity index (χ0) is 31.5. The van der Waals surface area contributed by atoms with Crippen LogP contribution in [0.2, 0.25) is 0 Å². The molecule has 0 saturated carbocycles. The lowest BCUT2D eigenvalue weighted by atomic mass is 9.95. The van der Waals surface area contributed by atoms with E-state index in [0.717, 1.165) is 32.2 Å². The predicted molar refractivity (Wildman–Crippen MR) is 145 cm³/mol. The van der Waals surface area contributed by atoms with Gasteiger partial charge in [-0.3, -0.25) is 14.4 Å². The molecule has 1 aromatic heterocycles. The van der Waals surface area contributed by atoms with Crippen LogP contribution in [0.25, 0.3) is 22.1 Å². The number of carboxylic acid groups (broad SMARTS) is 1. The highest BCUT2D eigenvalue weighted by Crippen LogP contribution is 2.43. The summed E-state index contributed by atoms with van der Waals surface area (Å²) in [5, 5.41) is 29.6. The molecule has 0 aliphatic rings. The Morgan fingerprint density at radius 2 is 1.77 bits per heavy atom. The van der Waals surface area contributed by atoms with E-state index >= 15 is 0 Å². The number of nitriles is 1. The van der Waals surface area contributed by atoms with Gasteiger partial charge in [-0.2, -0.15) is 18.4 Å². The number of methoxy groups -OCH3 is 1. The molecule has 0 bridgehead atoms. The SMILES string of the molecule is COC(=O)CNc1ccc(-c2cc3c(C(=O)Nc4ccc(C#N)cc4C(=O)O)noc3cc2NC(C)=O)c(C(F)(F)F)c1. The summed E-state index contributed by atoms with van der Waals surface area (Å²) in [4.78, 5) is 48.2. The van der Waals surface area contributed by atoms with Gasteiger partial charge in [-0.15, -0.1) is 0 Å². The molecule has 0 atom stereocenters. The summed E-state index contributed by atoms with van der Waals surface area (Å²) >= 11 is 0. The summed E-state index contributed by atoms with van der Waals surface area (Å²) in [5.74, 6) is -3.69. The van der Waals surface area contributed by atoms with Crippen molar-refractivity contribution < 1.29 is 46.7 Å². The summed E-state index contributed by atoms with van der Waals surface area (Å²) in [5.41, 5.74) is -2.75. The van der Waals surface area contributed by atoms with E-state index in [1.165, 1.54) is 30.3 Å². The smallest absolute Gasteiger partial charge is 0.417 e. The number of anilines is 3. The molecular weight excluding hydrogens is 575 g/mol. The van der Waals surface area contributed by atoms with E-state index < -0.39 is 47.7 Å². The molecule has 0 aliphatic heterocycles. The van der Waals surface area contributed by atoms with Crippen LogP contribution in [0, 0.1) is 11.3 Å². The first kappa shape index (κ1) is 30.1. The van der Waals surface area contributed by atoms with E-state index in [1.54, 1.807) is 6.07 Å². The van der Waals surface area contributed by atoms with Crippen LogP contribution < -0.4 is 16.0 Å². The van der Waals surface area contributed by atoms with Crippen LogP contribution in [0.5, 0.6) is 0 Å². The highest BCUT2D eigenvalue weighted by molar-refractivity contribution is 6.14. The van der Waals surface area contributed by atoms with Gasteiger partial charge in [0.05, 0.1) is 46.6 Å². The highest BCUT2D eigenvalue weighted by Gasteiger charge is 2.35. The second-order valence-corrected chi connectivity index (χ2v) is 8.93. The van der Waals surface area contributed by atoms with Gasteiger partial charge in [0.1, 0.15) is 6.54 Å². The zero-order valence-electron chi connectivity index (χ0n) is 22.3. The minimum Gasteiger partial charge on any atom is -0.478 e. The first-order valence-corrected chi connectivity index (χ1v) is 12.1. The molecule has 12 nitrogen and oxygen atoms in total. The quantitative estimate of drug-likeness (QED) is 0.205. The zero-order valence-corrected chi connectivity index (χ0v) is 22.3. The molecule has 0 aliphatic carbocycles. The van der Waals surface area contributed by atoms with E-state index in [0.29, 0.717) is 0 Å². The third-order valence-electron chi connectivity index (χ3n) is 6.04. The monoisotopic (exact) mass is 595 g/mol. The number of hydrogen-bond acceptors (Lipinski definition) is 9. The molecule has 4 N–H and O–H groups in total. The van der Waals surface area contributed by atoms with Gasteiger partial charge in [0.2, 0.25) is 5.91 Å². The van der Waals surface area contributed by atoms with Gasteiger partial charge >= 0.3 is 18.1 Å². The van der Waals surface area contributed by atoms with E-state index in [-0.39, 0.29) is 50.3 Å². The number of aromatic nitrogens is 1. The molecule has 220 valence electrons. The standard InChI is InChI=1S/C28H20F3N5O7/c1-13(37)34-22-10-23-19(25(36-43-23)26(39)35-21-6-3-14(11-32)7-18(21)27(40)41)9-17(22)16-5-4-15(33-12-24(38)42-2)8-20(16)28(29,30)31/h3-10,33H,12H2,1-2H3,(H,34,37)(H,35,39)(H,40,41). The van der Waals surface area contributed by atoms with Crippen molar-refractivity contribution in [1.29, 1.82) is 5.26 Å². The summed E-state index contributed by atoms with van der Waals surface area (Å²) in [6.45, 7) is 0.758. The normalized spacial score (nSPS) is 11.0. The third-order valence-corrected chi connectivity index (χ3v) is 6.04. The van der Waals surface area contributed by atoms with Crippen LogP contribution in [-0.2, 0) is 20.5 Å². The van der Waals surface area contributed by atoms with Gasteiger partial charge in [-0.25, -0.2) is 4.79 Å². The van der Waals surface area contributed by atoms with Gasteiger partial charge in [0, 0.05) is 24.2 Å². The Morgan fingerprint density at radius 3 is 2.40 bits per heavy atom. The molecule has 2 amide bonds. The van der Waals surface area contributed by atoms with Crippen LogP contribution in [0.1, 0.15) is 38.9 Å². The van der Waals surface area contributed by atoms with Crippen molar-refractivity contribution in [3.05, 3.63) is 70.9 Å². The van der Waals surface area contributed by atoms with Crippen molar-refractivity contribution >= 4 is 51.8 Å². The highest BCUT2D eigenvalue weighted by atomic mass is 19.4. The van der Waals surface area contributed by atoms with Crippen LogP contribution >= 0.6 is 0 Å². The van der Waals surface area contributed by atoms with Gasteiger partial charge in [0.25, 0.3) is 5.91 Å². The fourth-order valence-electron chi connectivity index (χ4n) is 4.12. The number of nitrogens with zero attached hydrogens (tertiary/aromatic N) is 2. The van der Waals surface area contributed by atoms with Crippen LogP contribution in [0.15, 0.2) is 53.1 Å². The minimum absolute atomic E-state index is 0.0319. The number of carbonyl (C=O) groups is 4. The Balaban J connectivity index is 1.84. The number of amides is 2. The van der Waals surface area contributed by atoms with Crippen molar-refractivity contribution in [2.75, 3.05) is 29.6 Å². The summed E-state index contributed by atoms with van der Waals surface area (Å²) < 4.78 is 52.5. The number of rotatable bonds is 8. The van der Waals surface area contributed by atoms with Crippen molar-refractivity contribution in [3.8, 4) is 17.2 Å². The van der Waals surface area contributed by atoms with Crippen molar-refractivity contribution in [2.24, 2.45) is 0 Å². The van der Waals surface area contributed by atoms with Gasteiger partial charge in [-0.1, -0.05) is 11.2 Å². The van der Waals surface area contributed by atoms with Crippen molar-refractivity contribution in [1.82, 2.24) is 5.16 Å². The Bertz CT molecular complexity index is 1830. The molecule has 1 heterocycles. The van der Waals surface area contributed by atoms with Gasteiger partial charge in [-0.05, 0) is 42.0 Å². The molecule has 0 unspecified atom stereocenters. The fraction of sp³-hybridized carbons (Fsp3) is 0.143. The number of alkyl halides is 3. The number of hydrogen-bond donors (Lipinski definition) is 4. The molecule has 0 saturated heterocycles. The van der Waals surface area contributed by atoms with Crippen molar-refractivity contribution in [2.45, 2.75) is 13.1 Å².